The number of carboxylic acid groups (broad SMARTS) is 1. The Hall–Kier alpha value is -1.63. The van der Waals surface area contributed by atoms with Gasteiger partial charge in [-0.3, -0.25) is 4.72 Å². The second-order valence-electron chi connectivity index (χ2n) is 3.42. The second-order valence-corrected chi connectivity index (χ2v) is 5.26. The van der Waals surface area contributed by atoms with Crippen LogP contribution in [0.4, 0.5) is 10.1 Å². The van der Waals surface area contributed by atoms with Gasteiger partial charge < -0.3 is 5.11 Å². The summed E-state index contributed by atoms with van der Waals surface area (Å²) in [7, 11) is -3.64. The van der Waals surface area contributed by atoms with Gasteiger partial charge in [-0.25, -0.2) is 17.6 Å². The minimum absolute atomic E-state index is 0.150. The van der Waals surface area contributed by atoms with Gasteiger partial charge in [-0.2, -0.15) is 0 Å². The minimum atomic E-state index is -3.64. The highest BCUT2D eigenvalue weighted by molar-refractivity contribution is 7.92. The minimum Gasteiger partial charge on any atom is -0.478 e. The maximum atomic E-state index is 12.9. The Bertz CT molecular complexity index is 527. The van der Waals surface area contributed by atoms with Gasteiger partial charge >= 0.3 is 5.97 Å². The van der Waals surface area contributed by atoms with Crippen LogP contribution in [0, 0.1) is 5.82 Å². The number of anilines is 1. The molecule has 0 aliphatic carbocycles. The number of carbonyl (C=O) groups is 1. The lowest BCUT2D eigenvalue weighted by Crippen LogP contribution is -2.18. The summed E-state index contributed by atoms with van der Waals surface area (Å²) in [6.07, 6.45) is 0.382. The predicted molar refractivity (Wildman–Crippen MR) is 61.1 cm³/mol. The lowest BCUT2D eigenvalue weighted by atomic mass is 10.2. The molecule has 0 atom stereocenters. The molecule has 0 spiro atoms. The Morgan fingerprint density at radius 3 is 2.65 bits per heavy atom. The van der Waals surface area contributed by atoms with Gasteiger partial charge in [0.25, 0.3) is 0 Å². The quantitative estimate of drug-likeness (QED) is 0.844. The average Bonchev–Trinajstić information content (AvgIpc) is 2.15. The third-order valence-electron chi connectivity index (χ3n) is 1.95. The molecule has 1 aromatic rings. The topological polar surface area (TPSA) is 83.5 Å². The van der Waals surface area contributed by atoms with Crippen molar-refractivity contribution in [3.8, 4) is 0 Å². The summed E-state index contributed by atoms with van der Waals surface area (Å²) in [6, 6.07) is 2.82. The van der Waals surface area contributed by atoms with E-state index in [1.807, 2.05) is 0 Å². The van der Waals surface area contributed by atoms with E-state index in [1.54, 1.807) is 6.92 Å². The van der Waals surface area contributed by atoms with Gasteiger partial charge in [0.2, 0.25) is 10.0 Å². The number of halogens is 1. The van der Waals surface area contributed by atoms with Gasteiger partial charge in [-0.05, 0) is 24.6 Å². The van der Waals surface area contributed by atoms with E-state index in [0.717, 1.165) is 18.2 Å². The molecule has 0 bridgehead atoms. The molecule has 0 aromatic heterocycles. The van der Waals surface area contributed by atoms with Crippen molar-refractivity contribution < 1.29 is 22.7 Å². The normalized spacial score (nSPS) is 11.2. The van der Waals surface area contributed by atoms with Gasteiger partial charge in [0.15, 0.2) is 0 Å². The molecule has 2 N–H and O–H groups in total. The van der Waals surface area contributed by atoms with E-state index in [9.17, 15) is 17.6 Å². The van der Waals surface area contributed by atoms with Crippen molar-refractivity contribution in [2.24, 2.45) is 0 Å². The second kappa shape index (κ2) is 5.13. The van der Waals surface area contributed by atoms with Crippen molar-refractivity contribution in [1.29, 1.82) is 0 Å². The number of benzene rings is 1. The zero-order valence-corrected chi connectivity index (χ0v) is 9.92. The first-order valence-corrected chi connectivity index (χ1v) is 6.54. The molecule has 0 aliphatic rings. The summed E-state index contributed by atoms with van der Waals surface area (Å²) >= 11 is 0. The fraction of sp³-hybridized carbons (Fsp3) is 0.300. The highest BCUT2D eigenvalue weighted by Crippen LogP contribution is 2.18. The number of rotatable bonds is 5. The van der Waals surface area contributed by atoms with E-state index in [1.165, 1.54) is 0 Å². The summed E-state index contributed by atoms with van der Waals surface area (Å²) in [5, 5.41) is 8.83. The lowest BCUT2D eigenvalue weighted by molar-refractivity contribution is 0.0698. The SMILES string of the molecule is CCCS(=O)(=O)Nc1cc(F)ccc1C(=O)O. The maximum Gasteiger partial charge on any atom is 0.337 e. The molecule has 1 aromatic carbocycles. The molecule has 94 valence electrons. The van der Waals surface area contributed by atoms with Crippen LogP contribution in [0.1, 0.15) is 23.7 Å². The van der Waals surface area contributed by atoms with Crippen molar-refractivity contribution >= 4 is 21.7 Å². The molecule has 0 saturated heterocycles. The van der Waals surface area contributed by atoms with E-state index < -0.39 is 21.8 Å². The van der Waals surface area contributed by atoms with Crippen molar-refractivity contribution in [2.45, 2.75) is 13.3 Å². The third-order valence-corrected chi connectivity index (χ3v) is 3.43. The van der Waals surface area contributed by atoms with Gasteiger partial charge in [0.1, 0.15) is 5.82 Å². The fourth-order valence-corrected chi connectivity index (χ4v) is 2.42. The molecule has 0 aliphatic heterocycles. The van der Waals surface area contributed by atoms with Gasteiger partial charge in [0, 0.05) is 0 Å². The number of sulfonamides is 1. The lowest BCUT2D eigenvalue weighted by Gasteiger charge is -2.09. The number of nitrogens with one attached hydrogen (secondary N) is 1. The average molecular weight is 261 g/mol. The molecule has 0 unspecified atom stereocenters. The van der Waals surface area contributed by atoms with Crippen LogP contribution in [0.25, 0.3) is 0 Å². The van der Waals surface area contributed by atoms with Gasteiger partial charge in [0.05, 0.1) is 17.0 Å². The molecule has 0 fully saturated rings. The summed E-state index contributed by atoms with van der Waals surface area (Å²) < 4.78 is 37.9. The number of hydrogen-bond donors (Lipinski definition) is 2. The smallest absolute Gasteiger partial charge is 0.337 e. The van der Waals surface area contributed by atoms with Crippen LogP contribution < -0.4 is 4.72 Å². The molecule has 5 nitrogen and oxygen atoms in total. The highest BCUT2D eigenvalue weighted by Gasteiger charge is 2.16. The largest absolute Gasteiger partial charge is 0.478 e. The molecule has 0 heterocycles. The Kier molecular flexibility index (Phi) is 4.06. The van der Waals surface area contributed by atoms with Crippen LogP contribution in [0.15, 0.2) is 18.2 Å². The summed E-state index contributed by atoms with van der Waals surface area (Å²) in [5.74, 6) is -2.17. The number of hydrogen-bond acceptors (Lipinski definition) is 3. The third kappa shape index (κ3) is 3.70. The Balaban J connectivity index is 3.13. The zero-order valence-electron chi connectivity index (χ0n) is 9.10. The Morgan fingerprint density at radius 1 is 1.47 bits per heavy atom. The van der Waals surface area contributed by atoms with Gasteiger partial charge in [-0.1, -0.05) is 6.92 Å². The van der Waals surface area contributed by atoms with Crippen molar-refractivity contribution in [3.63, 3.8) is 0 Å². The van der Waals surface area contributed by atoms with E-state index in [2.05, 4.69) is 4.72 Å². The molecule has 7 heteroatoms. The van der Waals surface area contributed by atoms with E-state index >= 15 is 0 Å². The van der Waals surface area contributed by atoms with Gasteiger partial charge in [-0.15, -0.1) is 0 Å². The first-order valence-electron chi connectivity index (χ1n) is 4.89. The fourth-order valence-electron chi connectivity index (χ4n) is 1.27. The van der Waals surface area contributed by atoms with E-state index in [0.29, 0.717) is 6.42 Å². The van der Waals surface area contributed by atoms with E-state index in [-0.39, 0.29) is 17.0 Å². The van der Waals surface area contributed by atoms with Crippen LogP contribution in [-0.4, -0.2) is 25.2 Å². The maximum absolute atomic E-state index is 12.9. The highest BCUT2D eigenvalue weighted by atomic mass is 32.2. The summed E-state index contributed by atoms with van der Waals surface area (Å²) in [4.78, 5) is 10.8. The molecular formula is C10H12FNO4S. The van der Waals surface area contributed by atoms with Crippen molar-refractivity contribution in [2.75, 3.05) is 10.5 Å². The molecular weight excluding hydrogens is 249 g/mol. The van der Waals surface area contributed by atoms with E-state index in [4.69, 9.17) is 5.11 Å². The van der Waals surface area contributed by atoms with Crippen molar-refractivity contribution in [3.05, 3.63) is 29.6 Å². The van der Waals surface area contributed by atoms with Crippen LogP contribution in [-0.2, 0) is 10.0 Å². The van der Waals surface area contributed by atoms with Crippen LogP contribution in [0.3, 0.4) is 0 Å². The Labute approximate surface area is 98.3 Å². The monoisotopic (exact) mass is 261 g/mol. The molecule has 0 saturated carbocycles. The predicted octanol–water partition coefficient (Wildman–Crippen LogP) is 1.68. The zero-order chi connectivity index (χ0) is 13.1. The Morgan fingerprint density at radius 2 is 2.12 bits per heavy atom. The summed E-state index contributed by atoms with van der Waals surface area (Å²) in [6.45, 7) is 1.67. The first kappa shape index (κ1) is 13.4. The van der Waals surface area contributed by atoms with Crippen LogP contribution in [0.2, 0.25) is 0 Å². The van der Waals surface area contributed by atoms with Crippen LogP contribution >= 0.6 is 0 Å². The summed E-state index contributed by atoms with van der Waals surface area (Å²) in [5.41, 5.74) is -0.544. The number of carboxylic acids is 1. The number of aromatic carboxylic acids is 1. The standard InChI is InChI=1S/C10H12FNO4S/c1-2-5-17(15,16)12-9-6-7(11)3-4-8(9)10(13)14/h3-4,6,12H,2,5H2,1H3,(H,13,14). The first-order chi connectivity index (χ1) is 7.85. The molecule has 17 heavy (non-hydrogen) atoms. The van der Waals surface area contributed by atoms with Crippen LogP contribution in [0.5, 0.6) is 0 Å². The van der Waals surface area contributed by atoms with Crippen molar-refractivity contribution in [1.82, 2.24) is 0 Å². The molecule has 0 amide bonds. The molecule has 0 radical (unpaired) electrons. The molecule has 1 rings (SSSR count).